The fourth-order valence-electron chi connectivity index (χ4n) is 5.84. The summed E-state index contributed by atoms with van der Waals surface area (Å²) in [7, 11) is 0. The topological polar surface area (TPSA) is 54.2 Å². The number of rotatable bonds is 4. The van der Waals surface area contributed by atoms with Gasteiger partial charge in [0, 0.05) is 36.5 Å². The number of halogens is 4. The number of benzene rings is 6. The average molecular weight is 831 g/mol. The molecule has 0 bridgehead atoms. The van der Waals surface area contributed by atoms with Gasteiger partial charge in [-0.1, -0.05) is 150 Å². The lowest BCUT2D eigenvalue weighted by Crippen LogP contribution is -2.22. The molecule has 0 spiro atoms. The predicted octanol–water partition coefficient (Wildman–Crippen LogP) is 13.7. The second kappa shape index (κ2) is 16.4. The highest BCUT2D eigenvalue weighted by molar-refractivity contribution is 9.11. The maximum Gasteiger partial charge on any atom is 0.165 e. The lowest BCUT2D eigenvalue weighted by molar-refractivity contribution is -0.00742. The number of hydrogen-bond donors (Lipinski definition) is 1. The fourth-order valence-corrected chi connectivity index (χ4v) is 7.37. The van der Waals surface area contributed by atoms with E-state index in [1.807, 2.05) is 93.6 Å². The molecule has 1 atom stereocenters. The van der Waals surface area contributed by atoms with Gasteiger partial charge in [0.05, 0.1) is 11.9 Å². The summed E-state index contributed by atoms with van der Waals surface area (Å²) < 4.78 is 2.13. The first-order chi connectivity index (χ1) is 23.9. The van der Waals surface area contributed by atoms with E-state index in [9.17, 15) is 0 Å². The number of aryl methyl sites for hydroxylation is 2. The molecule has 1 N–H and O–H groups in total. The van der Waals surface area contributed by atoms with E-state index in [4.69, 9.17) is 33.2 Å². The van der Waals surface area contributed by atoms with Crippen LogP contribution < -0.4 is 0 Å². The molecule has 0 fully saturated rings. The van der Waals surface area contributed by atoms with Crippen LogP contribution in [0.1, 0.15) is 53.6 Å². The van der Waals surface area contributed by atoms with Gasteiger partial charge in [-0.3, -0.25) is 0 Å². The first-order valence-corrected chi connectivity index (χ1v) is 18.2. The Morgan fingerprint density at radius 1 is 0.800 bits per heavy atom. The van der Waals surface area contributed by atoms with Crippen molar-refractivity contribution in [1.29, 1.82) is 0 Å². The van der Waals surface area contributed by atoms with Crippen molar-refractivity contribution in [2.75, 3.05) is 0 Å². The number of allylic oxidation sites excluding steroid dienone is 1. The lowest BCUT2D eigenvalue weighted by atomic mass is 9.87. The molecular formula is C42H36Br2Cl2N2O2. The molecule has 6 aromatic carbocycles. The molecule has 0 saturated heterocycles. The Balaban J connectivity index is 0.000000164. The standard InChI is InChI=1S/C21H17BrClNO.C11H8BrNO.C10H11Cl/c1-13-9-14(11-15(23)10-13)21(2)12-20(24-25-21)18-7-8-19(22)17-6-4-3-5-16(17)18;12-11-6-5-8(7-13-14)9-3-1-2-4-10(9)11;1-7(2)9-4-8(3)5-10(11)6-9/h3-11H,12H2,1-2H3;1-7,14H;4-6H,1H2,2-3H3/b;13-7+;. The zero-order valence-corrected chi connectivity index (χ0v) is 32.8. The smallest absolute Gasteiger partial charge is 0.165 e. The van der Waals surface area contributed by atoms with Gasteiger partial charge in [-0.25, -0.2) is 0 Å². The van der Waals surface area contributed by atoms with Crippen LogP contribution in [0.5, 0.6) is 0 Å². The third-order valence-electron chi connectivity index (χ3n) is 8.33. The van der Waals surface area contributed by atoms with Crippen molar-refractivity contribution in [2.45, 2.75) is 39.7 Å². The SMILES string of the molecule is C=C(C)c1cc(C)cc(Cl)c1.Cc1cc(Cl)cc(C2(C)CC(c3ccc(Br)c4ccccc34)=NO2)c1.O/N=C/c1ccc(Br)c2ccccc12. The summed E-state index contributed by atoms with van der Waals surface area (Å²) in [4.78, 5) is 5.90. The highest BCUT2D eigenvalue weighted by Gasteiger charge is 2.37. The van der Waals surface area contributed by atoms with Crippen LogP contribution in [0, 0.1) is 13.8 Å². The highest BCUT2D eigenvalue weighted by Crippen LogP contribution is 2.39. The Morgan fingerprint density at radius 2 is 1.36 bits per heavy atom. The van der Waals surface area contributed by atoms with E-state index in [2.05, 4.69) is 92.1 Å². The van der Waals surface area contributed by atoms with E-state index in [0.717, 1.165) is 68.9 Å². The van der Waals surface area contributed by atoms with E-state index in [1.54, 1.807) is 0 Å². The molecule has 0 radical (unpaired) electrons. The van der Waals surface area contributed by atoms with Crippen LogP contribution in [0.15, 0.2) is 135 Å². The van der Waals surface area contributed by atoms with Crippen LogP contribution in [0.4, 0.5) is 0 Å². The number of oxime groups is 2. The van der Waals surface area contributed by atoms with Gasteiger partial charge in [0.25, 0.3) is 0 Å². The second-order valence-corrected chi connectivity index (χ2v) is 15.0. The molecule has 50 heavy (non-hydrogen) atoms. The summed E-state index contributed by atoms with van der Waals surface area (Å²) >= 11 is 19.2. The molecule has 1 aliphatic heterocycles. The van der Waals surface area contributed by atoms with Gasteiger partial charge < -0.3 is 10.0 Å². The molecule has 0 saturated carbocycles. The normalized spacial score (nSPS) is 15.2. The van der Waals surface area contributed by atoms with Gasteiger partial charge in [0.2, 0.25) is 0 Å². The minimum absolute atomic E-state index is 0.501. The Morgan fingerprint density at radius 3 is 1.96 bits per heavy atom. The molecular weight excluding hydrogens is 795 g/mol. The molecule has 1 heterocycles. The van der Waals surface area contributed by atoms with Crippen molar-refractivity contribution in [2.24, 2.45) is 10.3 Å². The molecule has 254 valence electrons. The van der Waals surface area contributed by atoms with Crippen LogP contribution in [-0.4, -0.2) is 17.1 Å². The molecule has 0 amide bonds. The molecule has 1 unspecified atom stereocenters. The van der Waals surface area contributed by atoms with Crippen LogP contribution in [0.25, 0.3) is 27.1 Å². The van der Waals surface area contributed by atoms with Crippen molar-refractivity contribution in [3.63, 3.8) is 0 Å². The van der Waals surface area contributed by atoms with Gasteiger partial charge in [-0.05, 0) is 108 Å². The highest BCUT2D eigenvalue weighted by atomic mass is 79.9. The van der Waals surface area contributed by atoms with Crippen molar-refractivity contribution in [1.82, 2.24) is 0 Å². The van der Waals surface area contributed by atoms with Crippen molar-refractivity contribution in [3.8, 4) is 0 Å². The van der Waals surface area contributed by atoms with E-state index in [-0.39, 0.29) is 0 Å². The van der Waals surface area contributed by atoms with Crippen LogP contribution >= 0.6 is 55.1 Å². The van der Waals surface area contributed by atoms with Crippen molar-refractivity contribution >= 4 is 94.1 Å². The average Bonchev–Trinajstić information content (AvgIpc) is 3.49. The second-order valence-electron chi connectivity index (χ2n) is 12.4. The quantitative estimate of drug-likeness (QED) is 0.109. The summed E-state index contributed by atoms with van der Waals surface area (Å²) in [5, 5.41) is 22.0. The summed E-state index contributed by atoms with van der Waals surface area (Å²) in [5.41, 5.74) is 8.00. The summed E-state index contributed by atoms with van der Waals surface area (Å²) in [6.45, 7) is 12.0. The minimum atomic E-state index is -0.501. The molecule has 0 aromatic heterocycles. The van der Waals surface area contributed by atoms with Gasteiger partial charge >= 0.3 is 0 Å². The Hall–Kier alpha value is -3.94. The predicted molar refractivity (Wildman–Crippen MR) is 219 cm³/mol. The molecule has 8 heteroatoms. The van der Waals surface area contributed by atoms with Gasteiger partial charge in [-0.2, -0.15) is 0 Å². The van der Waals surface area contributed by atoms with Gasteiger partial charge in [0.1, 0.15) is 0 Å². The van der Waals surface area contributed by atoms with Gasteiger partial charge in [0.15, 0.2) is 5.60 Å². The number of fused-ring (bicyclic) bond motifs is 2. The minimum Gasteiger partial charge on any atom is -0.411 e. The summed E-state index contributed by atoms with van der Waals surface area (Å²) in [6, 6.07) is 36.3. The van der Waals surface area contributed by atoms with E-state index in [1.165, 1.54) is 22.6 Å². The van der Waals surface area contributed by atoms with E-state index < -0.39 is 5.60 Å². The van der Waals surface area contributed by atoms with Crippen LogP contribution in [0.3, 0.4) is 0 Å². The maximum absolute atomic E-state index is 8.51. The zero-order chi connectivity index (χ0) is 36.0. The van der Waals surface area contributed by atoms with Gasteiger partial charge in [-0.15, -0.1) is 0 Å². The van der Waals surface area contributed by atoms with E-state index >= 15 is 0 Å². The van der Waals surface area contributed by atoms with Crippen LogP contribution in [0.2, 0.25) is 10.0 Å². The molecule has 0 aliphatic carbocycles. The largest absolute Gasteiger partial charge is 0.411 e. The molecule has 1 aliphatic rings. The maximum atomic E-state index is 8.51. The molecule has 7 rings (SSSR count). The molecule has 4 nitrogen and oxygen atoms in total. The first kappa shape index (κ1) is 37.3. The zero-order valence-electron chi connectivity index (χ0n) is 28.1. The monoisotopic (exact) mass is 828 g/mol. The summed E-state index contributed by atoms with van der Waals surface area (Å²) in [5.74, 6) is 0. The van der Waals surface area contributed by atoms with E-state index in [0.29, 0.717) is 6.42 Å². The fraction of sp³-hybridized carbons (Fsp3) is 0.143. The Kier molecular flexibility index (Phi) is 12.2. The number of nitrogens with zero attached hydrogens (tertiary/aromatic N) is 2. The first-order valence-electron chi connectivity index (χ1n) is 15.9. The third kappa shape index (κ3) is 8.85. The third-order valence-corrected chi connectivity index (χ3v) is 10.2. The van der Waals surface area contributed by atoms with Crippen molar-refractivity contribution in [3.05, 3.63) is 168 Å². The molecule has 6 aromatic rings. The lowest BCUT2D eigenvalue weighted by Gasteiger charge is -2.22. The van der Waals surface area contributed by atoms with Crippen molar-refractivity contribution < 1.29 is 10.0 Å². The Labute approximate surface area is 320 Å². The summed E-state index contributed by atoms with van der Waals surface area (Å²) in [6.07, 6.45) is 2.15. The van der Waals surface area contributed by atoms with Crippen LogP contribution in [-0.2, 0) is 10.4 Å². The Bertz CT molecular complexity index is 2230. The number of hydrogen-bond acceptors (Lipinski definition) is 4.